The van der Waals surface area contributed by atoms with E-state index in [1.807, 2.05) is 4.31 Å². The normalized spacial score (nSPS) is 31.5. The Kier molecular flexibility index (Phi) is 3.30. The Balaban J connectivity index is 1.85. The summed E-state index contributed by atoms with van der Waals surface area (Å²) in [7, 11) is 0. The van der Waals surface area contributed by atoms with Crippen molar-refractivity contribution >= 4 is 18.8 Å². The molecular formula is C9H16N2O2S. The molecule has 0 N–H and O–H groups in total. The highest BCUT2D eigenvalue weighted by molar-refractivity contribution is 7.77. The number of hydrogen-bond acceptors (Lipinski definition) is 5. The Bertz CT molecular complexity index is 217. The molecule has 4 nitrogen and oxygen atoms in total. The number of piperazine rings is 1. The molecule has 0 saturated carbocycles. The zero-order chi connectivity index (χ0) is 9.97. The highest BCUT2D eigenvalue weighted by Gasteiger charge is 2.28. The largest absolute Gasteiger partial charge is 0.466 e. The van der Waals surface area contributed by atoms with E-state index in [2.05, 4.69) is 17.7 Å². The fourth-order valence-corrected chi connectivity index (χ4v) is 2.23. The molecule has 2 rings (SSSR count). The summed E-state index contributed by atoms with van der Waals surface area (Å²) in [5.41, 5.74) is 0. The quantitative estimate of drug-likeness (QED) is 0.500. The lowest BCUT2D eigenvalue weighted by molar-refractivity contribution is -0.150. The average Bonchev–Trinajstić information content (AvgIpc) is 2.19. The van der Waals surface area contributed by atoms with E-state index in [-0.39, 0.29) is 5.97 Å². The first-order chi connectivity index (χ1) is 6.75. The molecule has 2 heterocycles. The van der Waals surface area contributed by atoms with Crippen LogP contribution in [0.4, 0.5) is 0 Å². The van der Waals surface area contributed by atoms with Gasteiger partial charge in [0.1, 0.15) is 0 Å². The van der Waals surface area contributed by atoms with Gasteiger partial charge in [-0.1, -0.05) is 12.8 Å². The highest BCUT2D eigenvalue weighted by atomic mass is 32.1. The molecule has 0 bridgehead atoms. The first-order valence-electron chi connectivity index (χ1n) is 5.09. The van der Waals surface area contributed by atoms with Crippen LogP contribution in [0.3, 0.4) is 0 Å². The van der Waals surface area contributed by atoms with Gasteiger partial charge in [0.15, 0.2) is 0 Å². The van der Waals surface area contributed by atoms with Gasteiger partial charge in [0, 0.05) is 32.2 Å². The molecule has 2 aliphatic heterocycles. The predicted octanol–water partition coefficient (Wildman–Crippen LogP) is 0.154. The van der Waals surface area contributed by atoms with E-state index < -0.39 is 0 Å². The number of hydrogen-bond donors (Lipinski definition) is 1. The molecular weight excluding hydrogens is 200 g/mol. The third kappa shape index (κ3) is 2.40. The molecule has 1 unspecified atom stereocenters. The van der Waals surface area contributed by atoms with Gasteiger partial charge in [0.25, 0.3) is 0 Å². The summed E-state index contributed by atoms with van der Waals surface area (Å²) >= 11 is 4.30. The summed E-state index contributed by atoms with van der Waals surface area (Å²) in [5.74, 6) is -0.0467. The first kappa shape index (κ1) is 10.3. The van der Waals surface area contributed by atoms with Crippen molar-refractivity contribution < 1.29 is 9.53 Å². The molecule has 0 aromatic heterocycles. The van der Waals surface area contributed by atoms with Crippen LogP contribution >= 0.6 is 12.8 Å². The molecule has 0 amide bonds. The Morgan fingerprint density at radius 2 is 2.00 bits per heavy atom. The molecule has 0 aromatic carbocycles. The maximum absolute atomic E-state index is 11.1. The molecule has 0 spiro atoms. The fraction of sp³-hybridized carbons (Fsp3) is 0.889. The van der Waals surface area contributed by atoms with E-state index >= 15 is 0 Å². The van der Waals surface area contributed by atoms with Crippen LogP contribution < -0.4 is 0 Å². The van der Waals surface area contributed by atoms with Crippen molar-refractivity contribution in [1.29, 1.82) is 0 Å². The molecule has 2 fully saturated rings. The van der Waals surface area contributed by atoms with Crippen LogP contribution in [-0.4, -0.2) is 54.0 Å². The van der Waals surface area contributed by atoms with Crippen LogP contribution in [0, 0.1) is 0 Å². The number of esters is 1. The summed E-state index contributed by atoms with van der Waals surface area (Å²) in [6.07, 6.45) is 1.55. The Morgan fingerprint density at radius 3 is 2.64 bits per heavy atom. The van der Waals surface area contributed by atoms with Gasteiger partial charge >= 0.3 is 5.97 Å². The third-order valence-electron chi connectivity index (χ3n) is 2.92. The maximum Gasteiger partial charge on any atom is 0.307 e. The second-order valence-electron chi connectivity index (χ2n) is 3.86. The van der Waals surface area contributed by atoms with Crippen LogP contribution in [0.2, 0.25) is 0 Å². The lowest BCUT2D eigenvalue weighted by atomic mass is 10.1. The number of carbonyl (C=O) groups excluding carboxylic acids is 1. The Hall–Kier alpha value is -0.260. The zero-order valence-electron chi connectivity index (χ0n) is 8.19. The van der Waals surface area contributed by atoms with E-state index in [0.29, 0.717) is 19.1 Å². The summed E-state index contributed by atoms with van der Waals surface area (Å²) in [5, 5.41) is 0. The standard InChI is InChI=1S/C9H16N2O2S/c12-9-7-8(1-6-13-9)10-2-4-11(14)5-3-10/h8,14H,1-7H2. The van der Waals surface area contributed by atoms with E-state index in [1.165, 1.54) is 0 Å². The lowest BCUT2D eigenvalue weighted by Gasteiger charge is -2.38. The number of nitrogens with zero attached hydrogens (tertiary/aromatic N) is 2. The van der Waals surface area contributed by atoms with Gasteiger partial charge in [-0.25, -0.2) is 0 Å². The average molecular weight is 216 g/mol. The van der Waals surface area contributed by atoms with Gasteiger partial charge in [-0.05, 0) is 6.42 Å². The molecule has 0 aliphatic carbocycles. The minimum Gasteiger partial charge on any atom is -0.466 e. The van der Waals surface area contributed by atoms with Crippen molar-refractivity contribution in [2.45, 2.75) is 18.9 Å². The Morgan fingerprint density at radius 1 is 1.29 bits per heavy atom. The van der Waals surface area contributed by atoms with Gasteiger partial charge < -0.3 is 4.74 Å². The molecule has 2 saturated heterocycles. The van der Waals surface area contributed by atoms with Crippen molar-refractivity contribution in [2.75, 3.05) is 32.8 Å². The zero-order valence-corrected chi connectivity index (χ0v) is 9.08. The molecule has 0 radical (unpaired) electrons. The van der Waals surface area contributed by atoms with E-state index in [9.17, 15) is 4.79 Å². The van der Waals surface area contributed by atoms with Crippen molar-refractivity contribution in [2.24, 2.45) is 0 Å². The third-order valence-corrected chi connectivity index (χ3v) is 3.32. The highest BCUT2D eigenvalue weighted by Crippen LogP contribution is 2.17. The predicted molar refractivity (Wildman–Crippen MR) is 56.1 cm³/mol. The minimum absolute atomic E-state index is 0.0467. The monoisotopic (exact) mass is 216 g/mol. The summed E-state index contributed by atoms with van der Waals surface area (Å²) in [4.78, 5) is 13.5. The molecule has 5 heteroatoms. The second kappa shape index (κ2) is 4.51. The van der Waals surface area contributed by atoms with Gasteiger partial charge in [-0.2, -0.15) is 0 Å². The van der Waals surface area contributed by atoms with Crippen LogP contribution in [0.5, 0.6) is 0 Å². The van der Waals surface area contributed by atoms with Crippen LogP contribution in [-0.2, 0) is 9.53 Å². The molecule has 14 heavy (non-hydrogen) atoms. The van der Waals surface area contributed by atoms with E-state index in [0.717, 1.165) is 32.6 Å². The number of carbonyl (C=O) groups is 1. The van der Waals surface area contributed by atoms with Gasteiger partial charge in [0.2, 0.25) is 0 Å². The van der Waals surface area contributed by atoms with Crippen LogP contribution in [0.25, 0.3) is 0 Å². The first-order valence-corrected chi connectivity index (χ1v) is 5.49. The molecule has 80 valence electrons. The second-order valence-corrected chi connectivity index (χ2v) is 4.42. The van der Waals surface area contributed by atoms with Gasteiger partial charge in [0.05, 0.1) is 13.0 Å². The number of thiol groups is 1. The lowest BCUT2D eigenvalue weighted by Crippen LogP contribution is -2.49. The molecule has 2 aliphatic rings. The summed E-state index contributed by atoms with van der Waals surface area (Å²) in [6, 6.07) is 0.401. The van der Waals surface area contributed by atoms with E-state index in [1.54, 1.807) is 0 Å². The summed E-state index contributed by atoms with van der Waals surface area (Å²) in [6.45, 7) is 4.58. The van der Waals surface area contributed by atoms with Crippen molar-refractivity contribution in [1.82, 2.24) is 9.21 Å². The van der Waals surface area contributed by atoms with Crippen molar-refractivity contribution in [3.63, 3.8) is 0 Å². The fourth-order valence-electron chi connectivity index (χ4n) is 2.05. The minimum atomic E-state index is -0.0467. The van der Waals surface area contributed by atoms with Gasteiger partial charge in [-0.15, -0.1) is 0 Å². The number of rotatable bonds is 1. The maximum atomic E-state index is 11.1. The van der Waals surface area contributed by atoms with Crippen LogP contribution in [0.15, 0.2) is 0 Å². The number of cyclic esters (lactones) is 1. The topological polar surface area (TPSA) is 32.8 Å². The SMILES string of the molecule is O=C1CC(N2CCN(S)CC2)CCO1. The molecule has 0 aromatic rings. The smallest absolute Gasteiger partial charge is 0.307 e. The van der Waals surface area contributed by atoms with Gasteiger partial charge in [-0.3, -0.25) is 14.0 Å². The van der Waals surface area contributed by atoms with Crippen molar-refractivity contribution in [3.05, 3.63) is 0 Å². The summed E-state index contributed by atoms with van der Waals surface area (Å²) < 4.78 is 6.95. The van der Waals surface area contributed by atoms with Crippen molar-refractivity contribution in [3.8, 4) is 0 Å². The van der Waals surface area contributed by atoms with Crippen LogP contribution in [0.1, 0.15) is 12.8 Å². The van der Waals surface area contributed by atoms with E-state index in [4.69, 9.17) is 4.74 Å². The molecule has 1 atom stereocenters. The Labute approximate surface area is 89.7 Å². The number of ether oxygens (including phenoxy) is 1.